The van der Waals surface area contributed by atoms with Gasteiger partial charge in [-0.15, -0.1) is 11.3 Å². The molecule has 0 N–H and O–H groups in total. The minimum Gasteiger partial charge on any atom is -0.292 e. The van der Waals surface area contributed by atoms with Crippen LogP contribution in [0.4, 0.5) is 0 Å². The van der Waals surface area contributed by atoms with Crippen LogP contribution in [0.2, 0.25) is 10.0 Å². The van der Waals surface area contributed by atoms with Crippen LogP contribution in [0.25, 0.3) is 21.3 Å². The predicted molar refractivity (Wildman–Crippen MR) is 115 cm³/mol. The molecule has 0 aliphatic heterocycles. The highest BCUT2D eigenvalue weighted by molar-refractivity contribution is 7.19. The molecule has 2 heterocycles. The quantitative estimate of drug-likeness (QED) is 0.396. The van der Waals surface area contributed by atoms with Crippen molar-refractivity contribution in [1.29, 1.82) is 0 Å². The minimum absolute atomic E-state index is 0.0850. The van der Waals surface area contributed by atoms with Crippen LogP contribution in [0.3, 0.4) is 0 Å². The maximum Gasteiger partial charge on any atom is 0.263 e. The fourth-order valence-corrected chi connectivity index (χ4v) is 4.35. The first-order valence-corrected chi connectivity index (χ1v) is 10.0. The van der Waals surface area contributed by atoms with Gasteiger partial charge in [0, 0.05) is 26.0 Å². The average molecular weight is 429 g/mol. The fraction of sp³-hybridized carbons (Fsp3) is 0.0952. The number of carbonyl (C=O) groups is 1. The van der Waals surface area contributed by atoms with Crippen molar-refractivity contribution in [2.45, 2.75) is 13.5 Å². The molecule has 0 amide bonds. The first kappa shape index (κ1) is 18.9. The molecule has 28 heavy (non-hydrogen) atoms. The van der Waals surface area contributed by atoms with E-state index in [0.717, 1.165) is 16.0 Å². The van der Waals surface area contributed by atoms with Crippen molar-refractivity contribution in [3.8, 4) is 11.1 Å². The van der Waals surface area contributed by atoms with Crippen molar-refractivity contribution in [3.05, 3.63) is 85.7 Å². The van der Waals surface area contributed by atoms with Gasteiger partial charge in [0.05, 0.1) is 18.3 Å². The molecule has 0 spiro atoms. The third kappa shape index (κ3) is 3.49. The van der Waals surface area contributed by atoms with Gasteiger partial charge in [-0.3, -0.25) is 14.2 Å². The van der Waals surface area contributed by atoms with Crippen LogP contribution in [-0.2, 0) is 6.54 Å². The van der Waals surface area contributed by atoms with E-state index >= 15 is 0 Å². The molecule has 0 saturated carbocycles. The normalized spacial score (nSPS) is 11.1. The summed E-state index contributed by atoms with van der Waals surface area (Å²) in [5.41, 5.74) is 1.99. The lowest BCUT2D eigenvalue weighted by atomic mass is 10.0. The summed E-state index contributed by atoms with van der Waals surface area (Å²) in [5.74, 6) is -0.181. The number of benzene rings is 2. The van der Waals surface area contributed by atoms with Gasteiger partial charge < -0.3 is 0 Å². The molecule has 0 aliphatic carbocycles. The number of aromatic nitrogens is 2. The van der Waals surface area contributed by atoms with Gasteiger partial charge in [-0.05, 0) is 48.9 Å². The van der Waals surface area contributed by atoms with E-state index < -0.39 is 0 Å². The summed E-state index contributed by atoms with van der Waals surface area (Å²) < 4.78 is 1.35. The number of hydrogen-bond donors (Lipinski definition) is 0. The number of fused-ring (bicyclic) bond motifs is 1. The van der Waals surface area contributed by atoms with Crippen molar-refractivity contribution in [2.75, 3.05) is 0 Å². The lowest BCUT2D eigenvalue weighted by Gasteiger charge is -2.07. The van der Waals surface area contributed by atoms with E-state index in [1.165, 1.54) is 22.2 Å². The summed E-state index contributed by atoms with van der Waals surface area (Å²) in [6, 6.07) is 13.9. The van der Waals surface area contributed by atoms with Gasteiger partial charge in [0.15, 0.2) is 5.78 Å². The summed E-state index contributed by atoms with van der Waals surface area (Å²) >= 11 is 13.3. The van der Waals surface area contributed by atoms with Gasteiger partial charge >= 0.3 is 0 Å². The smallest absolute Gasteiger partial charge is 0.263 e. The average Bonchev–Trinajstić information content (AvgIpc) is 3.02. The van der Waals surface area contributed by atoms with Crippen LogP contribution in [0, 0.1) is 6.92 Å². The Morgan fingerprint density at radius 3 is 2.29 bits per heavy atom. The Morgan fingerprint density at radius 2 is 1.64 bits per heavy atom. The van der Waals surface area contributed by atoms with Crippen molar-refractivity contribution in [2.24, 2.45) is 0 Å². The van der Waals surface area contributed by atoms with Gasteiger partial charge in [-0.25, -0.2) is 4.98 Å². The van der Waals surface area contributed by atoms with Gasteiger partial charge in [0.2, 0.25) is 0 Å². The molecule has 0 radical (unpaired) electrons. The highest BCUT2D eigenvalue weighted by atomic mass is 35.5. The molecular weight excluding hydrogens is 415 g/mol. The van der Waals surface area contributed by atoms with Crippen molar-refractivity contribution < 1.29 is 4.79 Å². The van der Waals surface area contributed by atoms with E-state index in [-0.39, 0.29) is 17.9 Å². The summed E-state index contributed by atoms with van der Waals surface area (Å²) in [4.78, 5) is 31.8. The number of Topliss-reactive ketones (excluding diaryl/α,β-unsaturated/α-hetero) is 1. The van der Waals surface area contributed by atoms with Crippen LogP contribution >= 0.6 is 34.5 Å². The number of thiophene rings is 1. The van der Waals surface area contributed by atoms with Gasteiger partial charge in [0.1, 0.15) is 4.83 Å². The minimum atomic E-state index is -0.235. The van der Waals surface area contributed by atoms with Crippen LogP contribution in [0.1, 0.15) is 15.2 Å². The van der Waals surface area contributed by atoms with E-state index in [1.807, 2.05) is 19.1 Å². The Balaban J connectivity index is 1.79. The molecule has 2 aromatic carbocycles. The highest BCUT2D eigenvalue weighted by Crippen LogP contribution is 2.35. The third-order valence-corrected chi connectivity index (χ3v) is 5.98. The van der Waals surface area contributed by atoms with Gasteiger partial charge in [-0.1, -0.05) is 35.3 Å². The van der Waals surface area contributed by atoms with E-state index in [2.05, 4.69) is 4.98 Å². The summed E-state index contributed by atoms with van der Waals surface area (Å²) in [7, 11) is 0. The van der Waals surface area contributed by atoms with Crippen molar-refractivity contribution >= 4 is 50.5 Å². The first-order chi connectivity index (χ1) is 13.4. The maximum atomic E-state index is 13.2. The predicted octanol–water partition coefficient (Wildman–Crippen LogP) is 5.62. The lowest BCUT2D eigenvalue weighted by Crippen LogP contribution is -2.24. The number of hydrogen-bond acceptors (Lipinski definition) is 4. The molecule has 2 aromatic heterocycles. The second kappa shape index (κ2) is 7.51. The summed E-state index contributed by atoms with van der Waals surface area (Å²) in [5, 5.41) is 1.71. The molecule has 4 rings (SSSR count). The Kier molecular flexibility index (Phi) is 5.06. The lowest BCUT2D eigenvalue weighted by molar-refractivity contribution is 0.0970. The van der Waals surface area contributed by atoms with Crippen LogP contribution in [0.5, 0.6) is 0 Å². The summed E-state index contributed by atoms with van der Waals surface area (Å²) in [6.45, 7) is 1.87. The number of aryl methyl sites for hydroxylation is 1. The molecule has 4 nitrogen and oxygen atoms in total. The molecule has 0 bridgehead atoms. The molecule has 0 atom stereocenters. The molecule has 0 fully saturated rings. The molecular formula is C21H14Cl2N2O2S. The van der Waals surface area contributed by atoms with E-state index in [1.54, 1.807) is 36.4 Å². The largest absolute Gasteiger partial charge is 0.292 e. The molecule has 7 heteroatoms. The van der Waals surface area contributed by atoms with E-state index in [4.69, 9.17) is 23.2 Å². The van der Waals surface area contributed by atoms with Gasteiger partial charge in [0.25, 0.3) is 5.56 Å². The zero-order chi connectivity index (χ0) is 19.8. The topological polar surface area (TPSA) is 52.0 Å². The zero-order valence-corrected chi connectivity index (χ0v) is 17.1. The van der Waals surface area contributed by atoms with E-state index in [0.29, 0.717) is 25.8 Å². The van der Waals surface area contributed by atoms with Crippen LogP contribution in [-0.4, -0.2) is 15.3 Å². The Labute approximate surface area is 175 Å². The van der Waals surface area contributed by atoms with Crippen molar-refractivity contribution in [3.63, 3.8) is 0 Å². The molecule has 0 aliphatic rings. The Bertz CT molecular complexity index is 1240. The number of nitrogens with zero attached hydrogens (tertiary/aromatic N) is 2. The standard InChI is InChI=1S/C21H14Cl2N2O2S/c1-12-18(14-4-8-16(23)9-5-14)19-20(28-12)24-11-25(21(19)27)10-17(26)13-2-6-15(22)7-3-13/h2-9,11H,10H2,1H3. The molecule has 4 aromatic rings. The van der Waals surface area contributed by atoms with Gasteiger partial charge in [-0.2, -0.15) is 0 Å². The van der Waals surface area contributed by atoms with Crippen LogP contribution in [0.15, 0.2) is 59.7 Å². The fourth-order valence-electron chi connectivity index (χ4n) is 3.10. The number of carbonyl (C=O) groups excluding carboxylic acids is 1. The molecule has 0 saturated heterocycles. The van der Waals surface area contributed by atoms with Crippen LogP contribution < -0.4 is 5.56 Å². The zero-order valence-electron chi connectivity index (χ0n) is 14.8. The Morgan fingerprint density at radius 1 is 1.04 bits per heavy atom. The first-order valence-electron chi connectivity index (χ1n) is 8.47. The number of rotatable bonds is 4. The molecule has 140 valence electrons. The van der Waals surface area contributed by atoms with E-state index in [9.17, 15) is 9.59 Å². The Hall–Kier alpha value is -2.47. The number of halogens is 2. The van der Waals surface area contributed by atoms with Crippen molar-refractivity contribution in [1.82, 2.24) is 9.55 Å². The SMILES string of the molecule is Cc1sc2ncn(CC(=O)c3ccc(Cl)cc3)c(=O)c2c1-c1ccc(Cl)cc1. The summed E-state index contributed by atoms with van der Waals surface area (Å²) in [6.07, 6.45) is 1.43. The molecule has 0 unspecified atom stereocenters. The third-order valence-electron chi connectivity index (χ3n) is 4.47. The number of ketones is 1. The second-order valence-electron chi connectivity index (χ2n) is 6.33. The maximum absolute atomic E-state index is 13.2. The monoisotopic (exact) mass is 428 g/mol. The highest BCUT2D eigenvalue weighted by Gasteiger charge is 2.18. The second-order valence-corrected chi connectivity index (χ2v) is 8.40.